The minimum atomic E-state index is 0.409. The number of nitrogens with zero attached hydrogens (tertiary/aromatic N) is 1. The van der Waals surface area contributed by atoms with E-state index in [0.717, 1.165) is 31.8 Å². The summed E-state index contributed by atoms with van der Waals surface area (Å²) < 4.78 is 0. The Hall–Kier alpha value is -0.530. The standard InChI is InChI=1S/C34H67NO/c1-33(2)29-25-23-21-19-17-15-13-11-9-7-5-3-4-6-8-10-12-14-16-18-20-22-24-26-30-34(36)35-31-27-28-32-35/h33H,3-32H2,1-2H3. The summed E-state index contributed by atoms with van der Waals surface area (Å²) in [5, 5.41) is 0. The van der Waals surface area contributed by atoms with E-state index in [1.165, 1.54) is 167 Å². The van der Waals surface area contributed by atoms with Crippen molar-refractivity contribution in [2.24, 2.45) is 5.92 Å². The minimum absolute atomic E-state index is 0.409. The molecular weight excluding hydrogens is 438 g/mol. The predicted molar refractivity (Wildman–Crippen MR) is 161 cm³/mol. The summed E-state index contributed by atoms with van der Waals surface area (Å²) >= 11 is 0. The maximum Gasteiger partial charge on any atom is 0.222 e. The molecule has 1 rings (SSSR count). The number of hydrogen-bond donors (Lipinski definition) is 0. The Kier molecular flexibility index (Phi) is 24.3. The van der Waals surface area contributed by atoms with Crippen molar-refractivity contribution < 1.29 is 4.79 Å². The molecule has 0 radical (unpaired) electrons. The van der Waals surface area contributed by atoms with Crippen molar-refractivity contribution in [2.75, 3.05) is 13.1 Å². The van der Waals surface area contributed by atoms with Gasteiger partial charge in [0.2, 0.25) is 5.91 Å². The van der Waals surface area contributed by atoms with Crippen molar-refractivity contribution in [3.8, 4) is 0 Å². The zero-order valence-corrected chi connectivity index (χ0v) is 25.1. The van der Waals surface area contributed by atoms with Crippen molar-refractivity contribution in [3.63, 3.8) is 0 Å². The number of rotatable bonds is 27. The first-order valence-corrected chi connectivity index (χ1v) is 17.0. The van der Waals surface area contributed by atoms with Gasteiger partial charge in [0, 0.05) is 19.5 Å². The number of amides is 1. The van der Waals surface area contributed by atoms with Crippen LogP contribution >= 0.6 is 0 Å². The van der Waals surface area contributed by atoms with E-state index >= 15 is 0 Å². The molecule has 0 atom stereocenters. The Bertz CT molecular complexity index is 454. The highest BCUT2D eigenvalue weighted by molar-refractivity contribution is 5.76. The molecule has 0 aromatic rings. The molecule has 1 aliphatic rings. The molecule has 0 aromatic carbocycles. The van der Waals surface area contributed by atoms with Crippen molar-refractivity contribution in [2.45, 2.75) is 194 Å². The molecule has 0 N–H and O–H groups in total. The quantitative estimate of drug-likeness (QED) is 0.102. The zero-order valence-electron chi connectivity index (χ0n) is 25.1. The molecule has 1 fully saturated rings. The minimum Gasteiger partial charge on any atom is -0.343 e. The van der Waals surface area contributed by atoms with Crippen LogP contribution in [-0.4, -0.2) is 23.9 Å². The van der Waals surface area contributed by atoms with Gasteiger partial charge < -0.3 is 4.90 Å². The van der Waals surface area contributed by atoms with Crippen LogP contribution in [-0.2, 0) is 4.79 Å². The highest BCUT2D eigenvalue weighted by Crippen LogP contribution is 2.17. The Morgan fingerprint density at radius 2 is 0.750 bits per heavy atom. The van der Waals surface area contributed by atoms with Gasteiger partial charge in [-0.1, -0.05) is 168 Å². The highest BCUT2D eigenvalue weighted by Gasteiger charge is 2.16. The van der Waals surface area contributed by atoms with Gasteiger partial charge in [0.15, 0.2) is 0 Å². The molecule has 0 saturated carbocycles. The number of unbranched alkanes of at least 4 members (excludes halogenated alkanes) is 23. The fourth-order valence-electron chi connectivity index (χ4n) is 5.84. The monoisotopic (exact) mass is 506 g/mol. The van der Waals surface area contributed by atoms with E-state index < -0.39 is 0 Å². The number of hydrogen-bond acceptors (Lipinski definition) is 1. The lowest BCUT2D eigenvalue weighted by molar-refractivity contribution is -0.130. The molecule has 214 valence electrons. The second kappa shape index (κ2) is 26.1. The van der Waals surface area contributed by atoms with Gasteiger partial charge in [0.05, 0.1) is 0 Å². The van der Waals surface area contributed by atoms with Crippen LogP contribution in [0.5, 0.6) is 0 Å². The first-order chi connectivity index (χ1) is 17.7. The van der Waals surface area contributed by atoms with Gasteiger partial charge in [-0.2, -0.15) is 0 Å². The van der Waals surface area contributed by atoms with Gasteiger partial charge in [-0.15, -0.1) is 0 Å². The van der Waals surface area contributed by atoms with E-state index in [-0.39, 0.29) is 0 Å². The average molecular weight is 506 g/mol. The van der Waals surface area contributed by atoms with Gasteiger partial charge in [-0.25, -0.2) is 0 Å². The van der Waals surface area contributed by atoms with Crippen LogP contribution in [0.15, 0.2) is 0 Å². The average Bonchev–Trinajstić information content (AvgIpc) is 3.41. The second-order valence-corrected chi connectivity index (χ2v) is 12.5. The normalized spacial score (nSPS) is 13.8. The maximum atomic E-state index is 12.0. The fraction of sp³-hybridized carbons (Fsp3) is 0.971. The third-order valence-electron chi connectivity index (χ3n) is 8.38. The first kappa shape index (κ1) is 33.5. The summed E-state index contributed by atoms with van der Waals surface area (Å²) in [6, 6.07) is 0. The van der Waals surface area contributed by atoms with Crippen LogP contribution in [0.4, 0.5) is 0 Å². The first-order valence-electron chi connectivity index (χ1n) is 17.0. The molecule has 1 aliphatic heterocycles. The Balaban J connectivity index is 1.64. The predicted octanol–water partition coefficient (Wildman–Crippen LogP) is 11.4. The largest absolute Gasteiger partial charge is 0.343 e. The number of likely N-dealkylation sites (tertiary alicyclic amines) is 1. The van der Waals surface area contributed by atoms with Crippen LogP contribution in [0.3, 0.4) is 0 Å². The molecule has 2 nitrogen and oxygen atoms in total. The van der Waals surface area contributed by atoms with E-state index in [1.54, 1.807) is 0 Å². The topological polar surface area (TPSA) is 20.3 Å². The molecule has 1 amide bonds. The number of carbonyl (C=O) groups excluding carboxylic acids is 1. The summed E-state index contributed by atoms with van der Waals surface area (Å²) in [5.41, 5.74) is 0. The van der Waals surface area contributed by atoms with E-state index in [0.29, 0.717) is 5.91 Å². The molecule has 1 heterocycles. The van der Waals surface area contributed by atoms with Crippen molar-refractivity contribution in [3.05, 3.63) is 0 Å². The highest BCUT2D eigenvalue weighted by atomic mass is 16.2. The van der Waals surface area contributed by atoms with Crippen LogP contribution in [0, 0.1) is 5.92 Å². The Labute approximate surface area is 228 Å². The summed E-state index contributed by atoms with van der Waals surface area (Å²) in [6.45, 7) is 6.71. The summed E-state index contributed by atoms with van der Waals surface area (Å²) in [5.74, 6) is 1.30. The van der Waals surface area contributed by atoms with E-state index in [1.807, 2.05) is 0 Å². The van der Waals surface area contributed by atoms with Crippen LogP contribution < -0.4 is 0 Å². The molecule has 36 heavy (non-hydrogen) atoms. The summed E-state index contributed by atoms with van der Waals surface area (Å²) in [6.07, 6.45) is 38.9. The van der Waals surface area contributed by atoms with Crippen molar-refractivity contribution in [1.29, 1.82) is 0 Å². The molecule has 0 unspecified atom stereocenters. The van der Waals surface area contributed by atoms with Crippen LogP contribution in [0.1, 0.15) is 194 Å². The Morgan fingerprint density at radius 1 is 0.472 bits per heavy atom. The van der Waals surface area contributed by atoms with Gasteiger partial charge in [-0.05, 0) is 25.2 Å². The van der Waals surface area contributed by atoms with Crippen LogP contribution in [0.2, 0.25) is 0 Å². The summed E-state index contributed by atoms with van der Waals surface area (Å²) in [4.78, 5) is 14.1. The van der Waals surface area contributed by atoms with E-state index in [9.17, 15) is 4.79 Å². The SMILES string of the molecule is CC(C)CCCCCCCCCCCCCCCCCCCCCCCCCCC(=O)N1CCCC1. The van der Waals surface area contributed by atoms with E-state index in [4.69, 9.17) is 0 Å². The smallest absolute Gasteiger partial charge is 0.222 e. The molecule has 0 bridgehead atoms. The molecule has 0 aliphatic carbocycles. The maximum absolute atomic E-state index is 12.0. The molecule has 0 spiro atoms. The lowest BCUT2D eigenvalue weighted by Crippen LogP contribution is -2.27. The van der Waals surface area contributed by atoms with Gasteiger partial charge in [0.25, 0.3) is 0 Å². The second-order valence-electron chi connectivity index (χ2n) is 12.5. The van der Waals surface area contributed by atoms with Gasteiger partial charge in [0.1, 0.15) is 0 Å². The molecule has 2 heteroatoms. The molecule has 1 saturated heterocycles. The third-order valence-corrected chi connectivity index (χ3v) is 8.38. The van der Waals surface area contributed by atoms with Gasteiger partial charge >= 0.3 is 0 Å². The zero-order chi connectivity index (χ0) is 25.9. The molecular formula is C34H67NO. The molecule has 0 aromatic heterocycles. The van der Waals surface area contributed by atoms with Crippen molar-refractivity contribution >= 4 is 5.91 Å². The fourth-order valence-corrected chi connectivity index (χ4v) is 5.84. The van der Waals surface area contributed by atoms with E-state index in [2.05, 4.69) is 18.7 Å². The number of carbonyl (C=O) groups is 1. The third kappa shape index (κ3) is 22.7. The van der Waals surface area contributed by atoms with Gasteiger partial charge in [-0.3, -0.25) is 4.79 Å². The summed E-state index contributed by atoms with van der Waals surface area (Å²) in [7, 11) is 0. The lowest BCUT2D eigenvalue weighted by atomic mass is 10.0. The van der Waals surface area contributed by atoms with Crippen molar-refractivity contribution in [1.82, 2.24) is 4.90 Å². The van der Waals surface area contributed by atoms with Crippen LogP contribution in [0.25, 0.3) is 0 Å². The lowest BCUT2D eigenvalue weighted by Gasteiger charge is -2.14. The Morgan fingerprint density at radius 3 is 1.06 bits per heavy atom.